The van der Waals surface area contributed by atoms with Gasteiger partial charge in [-0.1, -0.05) is 12.1 Å². The van der Waals surface area contributed by atoms with Gasteiger partial charge in [0.05, 0.1) is 12.6 Å². The minimum absolute atomic E-state index is 0.143. The monoisotopic (exact) mass is 299 g/mol. The molecule has 1 amide bonds. The number of halogens is 3. The molecule has 1 saturated heterocycles. The van der Waals surface area contributed by atoms with Crippen molar-refractivity contribution in [3.63, 3.8) is 0 Å². The molecule has 0 unspecified atom stereocenters. The lowest BCUT2D eigenvalue weighted by molar-refractivity contribution is -0.149. The van der Waals surface area contributed by atoms with Crippen molar-refractivity contribution in [1.29, 1.82) is 0 Å². The van der Waals surface area contributed by atoms with Crippen LogP contribution in [0.5, 0.6) is 5.75 Å². The highest BCUT2D eigenvalue weighted by atomic mass is 19.3. The molecule has 114 valence electrons. The summed E-state index contributed by atoms with van der Waals surface area (Å²) in [7, 11) is 0. The van der Waals surface area contributed by atoms with Gasteiger partial charge in [0.15, 0.2) is 11.6 Å². The molecule has 0 spiro atoms. The van der Waals surface area contributed by atoms with Crippen molar-refractivity contribution in [2.75, 3.05) is 6.54 Å². The van der Waals surface area contributed by atoms with E-state index in [9.17, 15) is 18.0 Å². The summed E-state index contributed by atoms with van der Waals surface area (Å²) < 4.78 is 45.5. The first kappa shape index (κ1) is 14.2. The summed E-state index contributed by atoms with van der Waals surface area (Å²) in [5.41, 5.74) is -1.20. The number of benzene rings is 1. The highest BCUT2D eigenvalue weighted by Gasteiger charge is 2.49. The molecule has 2 atom stereocenters. The number of para-hydroxylation sites is 1. The van der Waals surface area contributed by atoms with Crippen molar-refractivity contribution < 1.29 is 22.7 Å². The summed E-state index contributed by atoms with van der Waals surface area (Å²) in [5.74, 6) is -0.959. The van der Waals surface area contributed by atoms with E-state index < -0.39 is 23.6 Å². The highest BCUT2D eigenvalue weighted by molar-refractivity contribution is 5.83. The van der Waals surface area contributed by atoms with Crippen LogP contribution in [0.25, 0.3) is 0 Å². The van der Waals surface area contributed by atoms with Crippen molar-refractivity contribution in [1.82, 2.24) is 4.90 Å². The Hall–Kier alpha value is -1.72. The van der Waals surface area contributed by atoms with Gasteiger partial charge in [-0.15, -0.1) is 0 Å². The van der Waals surface area contributed by atoms with E-state index in [1.807, 2.05) is 0 Å². The molecule has 1 fully saturated rings. The van der Waals surface area contributed by atoms with Gasteiger partial charge in [0.1, 0.15) is 11.5 Å². The molecular weight excluding hydrogens is 283 g/mol. The van der Waals surface area contributed by atoms with Crippen LogP contribution in [0, 0.1) is 11.2 Å². The summed E-state index contributed by atoms with van der Waals surface area (Å²) in [6, 6.07) is 4.12. The molecular formula is C15H16F3NO2. The molecule has 0 aliphatic carbocycles. The van der Waals surface area contributed by atoms with Gasteiger partial charge >= 0.3 is 0 Å². The number of rotatable bonds is 2. The molecule has 0 aromatic heterocycles. The van der Waals surface area contributed by atoms with E-state index >= 15 is 0 Å². The minimum Gasteiger partial charge on any atom is -0.485 e. The van der Waals surface area contributed by atoms with Gasteiger partial charge < -0.3 is 9.64 Å². The Kier molecular flexibility index (Phi) is 3.15. The van der Waals surface area contributed by atoms with Crippen LogP contribution >= 0.6 is 0 Å². The summed E-state index contributed by atoms with van der Waals surface area (Å²) in [4.78, 5) is 13.8. The first-order valence-corrected chi connectivity index (χ1v) is 6.86. The highest BCUT2D eigenvalue weighted by Crippen LogP contribution is 2.46. The first-order chi connectivity index (χ1) is 9.82. The average molecular weight is 299 g/mol. The second kappa shape index (κ2) is 4.64. The van der Waals surface area contributed by atoms with Gasteiger partial charge in [-0.25, -0.2) is 13.2 Å². The third-order valence-electron chi connectivity index (χ3n) is 4.26. The van der Waals surface area contributed by atoms with Crippen molar-refractivity contribution in [3.8, 4) is 5.75 Å². The van der Waals surface area contributed by atoms with Gasteiger partial charge in [0, 0.05) is 12.0 Å². The zero-order chi connectivity index (χ0) is 15.4. The van der Waals surface area contributed by atoms with Crippen LogP contribution < -0.4 is 4.74 Å². The Labute approximate surface area is 120 Å². The molecule has 21 heavy (non-hydrogen) atoms. The Bertz CT molecular complexity index is 588. The average Bonchev–Trinajstić information content (AvgIpc) is 2.77. The molecule has 0 saturated carbocycles. The van der Waals surface area contributed by atoms with Gasteiger partial charge in [-0.3, -0.25) is 4.79 Å². The van der Waals surface area contributed by atoms with E-state index in [-0.39, 0.29) is 24.4 Å². The van der Waals surface area contributed by atoms with Crippen molar-refractivity contribution >= 4 is 5.91 Å². The third-order valence-corrected chi connectivity index (χ3v) is 4.26. The normalized spacial score (nSPS) is 24.0. The molecule has 3 nitrogen and oxygen atoms in total. The van der Waals surface area contributed by atoms with Crippen LogP contribution in [-0.2, 0) is 4.79 Å². The number of carbonyl (C=O) groups excluding carboxylic acids is 1. The van der Waals surface area contributed by atoms with Gasteiger partial charge in [0.2, 0.25) is 5.91 Å². The predicted molar refractivity (Wildman–Crippen MR) is 69.7 cm³/mol. The summed E-state index contributed by atoms with van der Waals surface area (Å²) in [6.07, 6.45) is -2.57. The lowest BCUT2D eigenvalue weighted by Crippen LogP contribution is -2.44. The second-order valence-electron chi connectivity index (χ2n) is 6.13. The van der Waals surface area contributed by atoms with Crippen LogP contribution in [0.15, 0.2) is 18.2 Å². The fourth-order valence-corrected chi connectivity index (χ4v) is 2.94. The Balaban J connectivity index is 1.96. The topological polar surface area (TPSA) is 29.5 Å². The van der Waals surface area contributed by atoms with E-state index in [0.717, 1.165) is 0 Å². The number of amides is 1. The summed E-state index contributed by atoms with van der Waals surface area (Å²) in [6.45, 7) is 2.68. The number of hydrogen-bond donors (Lipinski definition) is 0. The van der Waals surface area contributed by atoms with E-state index in [1.54, 1.807) is 6.07 Å². The maximum atomic E-state index is 13.8. The van der Waals surface area contributed by atoms with Crippen molar-refractivity contribution in [2.45, 2.75) is 38.8 Å². The molecule has 2 heterocycles. The van der Waals surface area contributed by atoms with Crippen LogP contribution in [-0.4, -0.2) is 29.9 Å². The van der Waals surface area contributed by atoms with Crippen molar-refractivity contribution in [3.05, 3.63) is 29.6 Å². The Morgan fingerprint density at radius 2 is 2.14 bits per heavy atom. The largest absolute Gasteiger partial charge is 0.485 e. The maximum Gasteiger partial charge on any atom is 0.252 e. The van der Waals surface area contributed by atoms with Gasteiger partial charge in [-0.05, 0) is 19.9 Å². The summed E-state index contributed by atoms with van der Waals surface area (Å²) in [5, 5.41) is 0. The molecule has 2 bridgehead atoms. The second-order valence-corrected chi connectivity index (χ2v) is 6.13. The molecule has 1 aromatic rings. The smallest absolute Gasteiger partial charge is 0.252 e. The number of likely N-dealkylation sites (tertiary alicyclic amines) is 1. The van der Waals surface area contributed by atoms with Crippen LogP contribution in [0.3, 0.4) is 0 Å². The lowest BCUT2D eigenvalue weighted by atomic mass is 9.91. The molecule has 0 N–H and O–H groups in total. The SMILES string of the molecule is CC(C)(C(=O)N1C[C@@H]2C[C@H]1c1cccc(F)c1O2)C(F)F. The van der Waals surface area contributed by atoms with Crippen molar-refractivity contribution in [2.24, 2.45) is 5.41 Å². The number of nitrogens with zero attached hydrogens (tertiary/aromatic N) is 1. The quantitative estimate of drug-likeness (QED) is 0.839. The van der Waals surface area contributed by atoms with Crippen LogP contribution in [0.1, 0.15) is 31.9 Å². The molecule has 2 aliphatic heterocycles. The zero-order valence-electron chi connectivity index (χ0n) is 11.8. The van der Waals surface area contributed by atoms with E-state index in [1.165, 1.54) is 30.9 Å². The lowest BCUT2D eigenvalue weighted by Gasteiger charge is -2.32. The third kappa shape index (κ3) is 2.08. The van der Waals surface area contributed by atoms with E-state index in [4.69, 9.17) is 4.74 Å². The fraction of sp³-hybridized carbons (Fsp3) is 0.533. The molecule has 3 rings (SSSR count). The summed E-state index contributed by atoms with van der Waals surface area (Å²) >= 11 is 0. The molecule has 2 aliphatic rings. The van der Waals surface area contributed by atoms with E-state index in [0.29, 0.717) is 12.0 Å². The number of fused-ring (bicyclic) bond motifs is 4. The number of hydrogen-bond acceptors (Lipinski definition) is 2. The van der Waals surface area contributed by atoms with Crippen LogP contribution in [0.2, 0.25) is 0 Å². The molecule has 1 aromatic carbocycles. The fourth-order valence-electron chi connectivity index (χ4n) is 2.94. The predicted octanol–water partition coefficient (Wildman–Crippen LogP) is 3.15. The number of carbonyl (C=O) groups is 1. The zero-order valence-corrected chi connectivity index (χ0v) is 11.8. The molecule has 0 radical (unpaired) electrons. The Morgan fingerprint density at radius 1 is 1.43 bits per heavy atom. The van der Waals surface area contributed by atoms with Gasteiger partial charge in [-0.2, -0.15) is 0 Å². The van der Waals surface area contributed by atoms with Gasteiger partial charge in [0.25, 0.3) is 6.43 Å². The van der Waals surface area contributed by atoms with Crippen LogP contribution in [0.4, 0.5) is 13.2 Å². The molecule has 6 heteroatoms. The minimum atomic E-state index is -2.75. The maximum absolute atomic E-state index is 13.8. The Morgan fingerprint density at radius 3 is 2.81 bits per heavy atom. The van der Waals surface area contributed by atoms with E-state index in [2.05, 4.69) is 0 Å². The first-order valence-electron chi connectivity index (χ1n) is 6.86. The number of alkyl halides is 2. The number of ether oxygens (including phenoxy) is 1. The standard InChI is InChI=1S/C15H16F3NO2/c1-15(2,13(17)18)14(20)19-7-8-6-11(19)9-4-3-5-10(16)12(9)21-8/h3-5,8,11,13H,6-7H2,1-2H3/t8-,11-/m0/s1.